The van der Waals surface area contributed by atoms with Gasteiger partial charge in [-0.2, -0.15) is 0 Å². The summed E-state index contributed by atoms with van der Waals surface area (Å²) in [6.45, 7) is 3.92. The highest BCUT2D eigenvalue weighted by atomic mass is 35.5. The number of H-pyrrole nitrogens is 1. The number of rotatable bonds is 4. The molecule has 2 aromatic carbocycles. The van der Waals surface area contributed by atoms with Crippen molar-refractivity contribution in [2.24, 2.45) is 0 Å². The maximum Gasteiger partial charge on any atom is 0.279 e. The molecule has 0 saturated heterocycles. The van der Waals surface area contributed by atoms with Gasteiger partial charge >= 0.3 is 0 Å². The molecule has 1 aromatic heterocycles. The van der Waals surface area contributed by atoms with Gasteiger partial charge in [0.05, 0.1) is 35.5 Å². The van der Waals surface area contributed by atoms with Gasteiger partial charge in [-0.25, -0.2) is 4.68 Å². The molecule has 0 radical (unpaired) electrons. The number of aromatic nitrogens is 2. The van der Waals surface area contributed by atoms with Crippen LogP contribution in [0.15, 0.2) is 47.3 Å². The molecule has 0 spiro atoms. The Labute approximate surface area is 149 Å². The highest BCUT2D eigenvalue weighted by molar-refractivity contribution is 6.32. The standard InChI is InChI=1S/C19H17ClN2O3/c1-12-15(19(23)22(21-12)14-7-5-4-6-8-14)9-13-10-17(24-2)18(25-3)11-16(13)20/h4-11,21H,1H2,2-3H3/b15-9+. The normalized spacial score (nSPS) is 11.6. The minimum absolute atomic E-state index is 0.206. The molecule has 0 saturated carbocycles. The third kappa shape index (κ3) is 3.19. The number of methoxy groups -OCH3 is 2. The summed E-state index contributed by atoms with van der Waals surface area (Å²) in [4.78, 5) is 12.7. The second-order valence-electron chi connectivity index (χ2n) is 5.35. The van der Waals surface area contributed by atoms with E-state index in [9.17, 15) is 4.79 Å². The minimum atomic E-state index is -0.206. The molecule has 1 N–H and O–H groups in total. The molecule has 0 aliphatic rings. The lowest BCUT2D eigenvalue weighted by atomic mass is 10.1. The molecule has 0 amide bonds. The number of para-hydroxylation sites is 1. The summed E-state index contributed by atoms with van der Waals surface area (Å²) >= 11 is 6.31. The van der Waals surface area contributed by atoms with Crippen LogP contribution in [0.5, 0.6) is 11.5 Å². The van der Waals surface area contributed by atoms with E-state index in [-0.39, 0.29) is 5.56 Å². The van der Waals surface area contributed by atoms with Crippen molar-refractivity contribution in [1.82, 2.24) is 9.78 Å². The van der Waals surface area contributed by atoms with Crippen molar-refractivity contribution in [2.45, 2.75) is 0 Å². The van der Waals surface area contributed by atoms with Crippen LogP contribution in [0.2, 0.25) is 5.02 Å². The maximum atomic E-state index is 12.7. The van der Waals surface area contributed by atoms with Crippen LogP contribution in [0, 0.1) is 0 Å². The fourth-order valence-corrected chi connectivity index (χ4v) is 2.75. The molecule has 3 aromatic rings. The predicted molar refractivity (Wildman–Crippen MR) is 99.3 cm³/mol. The smallest absolute Gasteiger partial charge is 0.279 e. The summed E-state index contributed by atoms with van der Waals surface area (Å²) in [6, 6.07) is 12.7. The quantitative estimate of drug-likeness (QED) is 0.778. The zero-order valence-corrected chi connectivity index (χ0v) is 14.6. The SMILES string of the molecule is C=c1[nH]n(-c2ccccc2)c(=O)/c1=C/c1cc(OC)c(OC)cc1Cl. The van der Waals surface area contributed by atoms with Crippen molar-refractivity contribution >= 4 is 24.3 Å². The van der Waals surface area contributed by atoms with E-state index in [4.69, 9.17) is 21.1 Å². The zero-order chi connectivity index (χ0) is 18.0. The Balaban J connectivity index is 2.20. The van der Waals surface area contributed by atoms with Crippen molar-refractivity contribution in [3.8, 4) is 17.2 Å². The van der Waals surface area contributed by atoms with Crippen LogP contribution < -0.4 is 25.6 Å². The highest BCUT2D eigenvalue weighted by Gasteiger charge is 2.10. The van der Waals surface area contributed by atoms with E-state index in [1.165, 1.54) is 11.8 Å². The van der Waals surface area contributed by atoms with E-state index in [0.717, 1.165) is 5.69 Å². The molecule has 5 nitrogen and oxygen atoms in total. The lowest BCUT2D eigenvalue weighted by Crippen LogP contribution is -2.34. The molecule has 0 aliphatic carbocycles. The lowest BCUT2D eigenvalue weighted by molar-refractivity contribution is 0.355. The third-order valence-electron chi connectivity index (χ3n) is 3.82. The molecule has 128 valence electrons. The van der Waals surface area contributed by atoms with Gasteiger partial charge in [0.1, 0.15) is 0 Å². The Kier molecular flexibility index (Phi) is 4.67. The molecule has 6 heteroatoms. The molecule has 3 rings (SSSR count). The first-order valence-electron chi connectivity index (χ1n) is 7.53. The van der Waals surface area contributed by atoms with E-state index in [2.05, 4.69) is 11.7 Å². The molecule has 1 heterocycles. The van der Waals surface area contributed by atoms with Gasteiger partial charge in [-0.05, 0) is 29.8 Å². The van der Waals surface area contributed by atoms with Crippen molar-refractivity contribution in [3.05, 3.63) is 74.0 Å². The van der Waals surface area contributed by atoms with Crippen molar-refractivity contribution in [3.63, 3.8) is 0 Å². The van der Waals surface area contributed by atoms with Crippen LogP contribution in [0.1, 0.15) is 5.56 Å². The van der Waals surface area contributed by atoms with Gasteiger partial charge in [0.15, 0.2) is 11.5 Å². The van der Waals surface area contributed by atoms with E-state index >= 15 is 0 Å². The van der Waals surface area contributed by atoms with Crippen LogP contribution in [0.3, 0.4) is 0 Å². The van der Waals surface area contributed by atoms with Gasteiger partial charge in [0.25, 0.3) is 5.56 Å². The van der Waals surface area contributed by atoms with E-state index in [1.54, 1.807) is 25.3 Å². The van der Waals surface area contributed by atoms with Crippen molar-refractivity contribution in [1.29, 1.82) is 0 Å². The lowest BCUT2D eigenvalue weighted by Gasteiger charge is -2.09. The number of aromatic amines is 1. The minimum Gasteiger partial charge on any atom is -0.493 e. The van der Waals surface area contributed by atoms with Gasteiger partial charge in [-0.1, -0.05) is 36.4 Å². The summed E-state index contributed by atoms with van der Waals surface area (Å²) in [7, 11) is 3.08. The van der Waals surface area contributed by atoms with Crippen LogP contribution in [0.25, 0.3) is 18.3 Å². The average Bonchev–Trinajstić information content (AvgIpc) is 2.91. The second-order valence-corrected chi connectivity index (χ2v) is 5.76. The van der Waals surface area contributed by atoms with Gasteiger partial charge in [0.2, 0.25) is 0 Å². The average molecular weight is 357 g/mol. The van der Waals surface area contributed by atoms with Crippen molar-refractivity contribution in [2.75, 3.05) is 14.2 Å². The van der Waals surface area contributed by atoms with Crippen LogP contribution in [0.4, 0.5) is 0 Å². The third-order valence-corrected chi connectivity index (χ3v) is 4.15. The summed E-state index contributed by atoms with van der Waals surface area (Å²) in [5.41, 5.74) is 1.16. The molecule has 0 unspecified atom stereocenters. The van der Waals surface area contributed by atoms with Crippen LogP contribution >= 0.6 is 11.6 Å². The van der Waals surface area contributed by atoms with E-state index in [1.807, 2.05) is 30.3 Å². The Bertz CT molecular complexity index is 1070. The second kappa shape index (κ2) is 6.91. The Morgan fingerprint density at radius 2 is 1.76 bits per heavy atom. The highest BCUT2D eigenvalue weighted by Crippen LogP contribution is 2.33. The largest absolute Gasteiger partial charge is 0.493 e. The topological polar surface area (TPSA) is 56.2 Å². The van der Waals surface area contributed by atoms with Crippen molar-refractivity contribution < 1.29 is 9.47 Å². The summed E-state index contributed by atoms with van der Waals surface area (Å²) in [6.07, 6.45) is 1.69. The maximum absolute atomic E-state index is 12.7. The number of ether oxygens (including phenoxy) is 2. The van der Waals surface area contributed by atoms with E-state index in [0.29, 0.717) is 32.7 Å². The number of nitrogens with one attached hydrogen (secondary N) is 1. The molecule has 0 aliphatic heterocycles. The summed E-state index contributed by atoms with van der Waals surface area (Å²) < 4.78 is 12.0. The Hall–Kier alpha value is -2.92. The summed E-state index contributed by atoms with van der Waals surface area (Å²) in [5.74, 6) is 1.05. The molecule has 0 bridgehead atoms. The van der Waals surface area contributed by atoms with Gasteiger partial charge < -0.3 is 9.47 Å². The van der Waals surface area contributed by atoms with Crippen LogP contribution in [-0.4, -0.2) is 24.0 Å². The number of hydrogen-bond acceptors (Lipinski definition) is 3. The van der Waals surface area contributed by atoms with Gasteiger partial charge in [-0.3, -0.25) is 9.89 Å². The number of halogens is 1. The molecular formula is C19H17ClN2O3. The first-order chi connectivity index (χ1) is 12.0. The Morgan fingerprint density at radius 1 is 1.12 bits per heavy atom. The molecular weight excluding hydrogens is 340 g/mol. The zero-order valence-electron chi connectivity index (χ0n) is 13.9. The van der Waals surface area contributed by atoms with Crippen LogP contribution in [-0.2, 0) is 0 Å². The number of hydrogen-bond donors (Lipinski definition) is 1. The molecule has 0 fully saturated rings. The fraction of sp³-hybridized carbons (Fsp3) is 0.105. The number of benzene rings is 2. The first kappa shape index (κ1) is 16.9. The van der Waals surface area contributed by atoms with E-state index < -0.39 is 0 Å². The Morgan fingerprint density at radius 3 is 2.40 bits per heavy atom. The summed E-state index contributed by atoms with van der Waals surface area (Å²) in [5, 5.41) is 4.36. The molecule has 0 atom stereocenters. The first-order valence-corrected chi connectivity index (χ1v) is 7.91. The predicted octanol–water partition coefficient (Wildman–Crippen LogP) is 2.08. The fourth-order valence-electron chi connectivity index (χ4n) is 2.54. The molecule has 25 heavy (non-hydrogen) atoms. The number of nitrogens with zero attached hydrogens (tertiary/aromatic N) is 1. The monoisotopic (exact) mass is 356 g/mol. The van der Waals surface area contributed by atoms with Gasteiger partial charge in [-0.15, -0.1) is 0 Å². The van der Waals surface area contributed by atoms with Gasteiger partial charge in [0, 0.05) is 6.07 Å².